The highest BCUT2D eigenvalue weighted by atomic mass is 32.1. The Morgan fingerprint density at radius 3 is 2.61 bits per heavy atom. The van der Waals surface area contributed by atoms with Crippen molar-refractivity contribution in [3.63, 3.8) is 0 Å². The number of aliphatic hydroxyl groups is 1. The van der Waals surface area contributed by atoms with Gasteiger partial charge in [0.15, 0.2) is 0 Å². The number of esters is 1. The summed E-state index contributed by atoms with van der Waals surface area (Å²) in [4.78, 5) is 29.8. The van der Waals surface area contributed by atoms with E-state index in [2.05, 4.69) is 15.0 Å². The molecule has 0 radical (unpaired) electrons. The summed E-state index contributed by atoms with van der Waals surface area (Å²) in [6.07, 6.45) is -0.105. The van der Waals surface area contributed by atoms with Crippen LogP contribution in [0.4, 0.5) is 11.4 Å². The highest BCUT2D eigenvalue weighted by Gasteiger charge is 2.21. The number of ether oxygens (including phenoxy) is 1. The van der Waals surface area contributed by atoms with Crippen molar-refractivity contribution in [3.05, 3.63) is 52.0 Å². The van der Waals surface area contributed by atoms with E-state index in [1.807, 2.05) is 13.0 Å². The minimum Gasteiger partial charge on any atom is -0.465 e. The van der Waals surface area contributed by atoms with Gasteiger partial charge in [-0.05, 0) is 56.2 Å². The summed E-state index contributed by atoms with van der Waals surface area (Å²) in [5.74, 6) is -0.800. The molecule has 1 amide bonds. The third-order valence-corrected chi connectivity index (χ3v) is 5.29. The molecule has 2 heterocycles. The summed E-state index contributed by atoms with van der Waals surface area (Å²) < 4.78 is 4.66. The number of anilines is 2. The second-order valence-electron chi connectivity index (χ2n) is 6.52. The van der Waals surface area contributed by atoms with E-state index < -0.39 is 12.1 Å². The molecule has 0 aliphatic rings. The molecular formula is C20H21N3O4S. The molecule has 0 bridgehead atoms. The molecule has 4 N–H and O–H groups in total. The predicted molar refractivity (Wildman–Crippen MR) is 110 cm³/mol. The number of nitrogen functional groups attached to an aromatic ring is 1. The van der Waals surface area contributed by atoms with Crippen LogP contribution in [0.3, 0.4) is 0 Å². The van der Waals surface area contributed by atoms with E-state index in [4.69, 9.17) is 5.73 Å². The largest absolute Gasteiger partial charge is 0.465 e. The number of aryl methyl sites for hydroxylation is 1. The zero-order chi connectivity index (χ0) is 20.4. The Labute approximate surface area is 166 Å². The fourth-order valence-corrected chi connectivity index (χ4v) is 4.06. The van der Waals surface area contributed by atoms with Gasteiger partial charge in [-0.25, -0.2) is 9.78 Å². The average Bonchev–Trinajstić information content (AvgIpc) is 2.97. The molecule has 2 aromatic heterocycles. The molecule has 0 fully saturated rings. The summed E-state index contributed by atoms with van der Waals surface area (Å²) in [7, 11) is 1.31. The van der Waals surface area contributed by atoms with E-state index in [-0.39, 0.29) is 5.91 Å². The first-order valence-corrected chi connectivity index (χ1v) is 9.48. The number of fused-ring (bicyclic) bond motifs is 1. The number of hydrogen-bond acceptors (Lipinski definition) is 7. The van der Waals surface area contributed by atoms with Crippen molar-refractivity contribution in [1.29, 1.82) is 0 Å². The van der Waals surface area contributed by atoms with Gasteiger partial charge >= 0.3 is 5.97 Å². The number of rotatable bonds is 5. The van der Waals surface area contributed by atoms with Crippen LogP contribution in [0.1, 0.15) is 38.2 Å². The van der Waals surface area contributed by atoms with Gasteiger partial charge in [0.25, 0.3) is 5.91 Å². The van der Waals surface area contributed by atoms with Crippen molar-refractivity contribution in [2.24, 2.45) is 0 Å². The summed E-state index contributed by atoms with van der Waals surface area (Å²) in [5.41, 5.74) is 9.21. The number of nitrogens with two attached hydrogens (primary N) is 1. The fraction of sp³-hybridized carbons (Fsp3) is 0.250. The number of carbonyl (C=O) groups excluding carboxylic acids is 2. The molecule has 3 aromatic rings. The van der Waals surface area contributed by atoms with Crippen LogP contribution in [-0.2, 0) is 11.2 Å². The second kappa shape index (κ2) is 7.95. The Balaban J connectivity index is 1.91. The van der Waals surface area contributed by atoms with Crippen LogP contribution in [0.25, 0.3) is 10.2 Å². The number of aliphatic hydroxyl groups excluding tert-OH is 1. The molecule has 1 atom stereocenters. The minimum absolute atomic E-state index is 0.354. The van der Waals surface area contributed by atoms with Gasteiger partial charge in [0.1, 0.15) is 9.71 Å². The highest BCUT2D eigenvalue weighted by molar-refractivity contribution is 7.21. The third-order valence-electron chi connectivity index (χ3n) is 4.19. The second-order valence-corrected chi connectivity index (χ2v) is 7.52. The van der Waals surface area contributed by atoms with E-state index in [1.165, 1.54) is 18.4 Å². The quantitative estimate of drug-likeness (QED) is 0.568. The summed E-state index contributed by atoms with van der Waals surface area (Å²) >= 11 is 1.21. The number of pyridine rings is 1. The van der Waals surface area contributed by atoms with Gasteiger partial charge in [-0.3, -0.25) is 4.79 Å². The maximum Gasteiger partial charge on any atom is 0.337 e. The van der Waals surface area contributed by atoms with E-state index in [0.717, 1.165) is 11.3 Å². The Hall–Kier alpha value is -2.97. The monoisotopic (exact) mass is 399 g/mol. The lowest BCUT2D eigenvalue weighted by atomic mass is 10.0. The maximum absolute atomic E-state index is 12.7. The Bertz CT molecular complexity index is 1040. The number of nitrogens with zero attached hydrogens (tertiary/aromatic N) is 1. The van der Waals surface area contributed by atoms with Crippen molar-refractivity contribution >= 4 is 44.8 Å². The van der Waals surface area contributed by atoms with Crippen LogP contribution >= 0.6 is 11.3 Å². The van der Waals surface area contributed by atoms with E-state index in [1.54, 1.807) is 31.2 Å². The molecule has 28 heavy (non-hydrogen) atoms. The number of amides is 1. The molecule has 1 aromatic carbocycles. The highest BCUT2D eigenvalue weighted by Crippen LogP contribution is 2.36. The average molecular weight is 399 g/mol. The lowest BCUT2D eigenvalue weighted by molar-refractivity contribution is 0.0600. The number of hydrogen-bond donors (Lipinski definition) is 3. The number of aromatic nitrogens is 1. The van der Waals surface area contributed by atoms with Crippen LogP contribution in [-0.4, -0.2) is 35.2 Å². The van der Waals surface area contributed by atoms with Gasteiger partial charge in [0.2, 0.25) is 0 Å². The van der Waals surface area contributed by atoms with Crippen LogP contribution in [0.2, 0.25) is 0 Å². The standard InChI is InChI=1S/C20H21N3O4S/c1-10-8-13(9-11(2)24)15-16(21)17(28-19(15)22-10)18(25)23-14-6-4-12(5-7-14)20(26)27-3/h4-8,11,24H,9,21H2,1-3H3,(H,23,25). The molecule has 0 spiro atoms. The van der Waals surface area contributed by atoms with Crippen molar-refractivity contribution in [2.45, 2.75) is 26.4 Å². The molecule has 0 saturated carbocycles. The summed E-state index contributed by atoms with van der Waals surface area (Å²) in [6, 6.07) is 8.26. The zero-order valence-corrected chi connectivity index (χ0v) is 16.6. The molecule has 3 rings (SSSR count). The molecule has 146 valence electrons. The number of nitrogens with one attached hydrogen (secondary N) is 1. The molecule has 8 heteroatoms. The first-order valence-electron chi connectivity index (χ1n) is 8.66. The van der Waals surface area contributed by atoms with E-state index in [0.29, 0.717) is 38.5 Å². The number of thiophene rings is 1. The van der Waals surface area contributed by atoms with Crippen LogP contribution in [0, 0.1) is 6.92 Å². The smallest absolute Gasteiger partial charge is 0.337 e. The van der Waals surface area contributed by atoms with Crippen molar-refractivity contribution in [3.8, 4) is 0 Å². The lowest BCUT2D eigenvalue weighted by Crippen LogP contribution is -2.12. The van der Waals surface area contributed by atoms with Gasteiger partial charge in [-0.2, -0.15) is 0 Å². The van der Waals surface area contributed by atoms with Crippen LogP contribution < -0.4 is 11.1 Å². The first-order chi connectivity index (χ1) is 13.3. The van der Waals surface area contributed by atoms with Crippen molar-refractivity contribution < 1.29 is 19.4 Å². The number of carbonyl (C=O) groups is 2. The molecule has 1 unspecified atom stereocenters. The van der Waals surface area contributed by atoms with Crippen LogP contribution in [0.5, 0.6) is 0 Å². The van der Waals surface area contributed by atoms with E-state index >= 15 is 0 Å². The molecule has 0 aliphatic heterocycles. The first kappa shape index (κ1) is 19.8. The Morgan fingerprint density at radius 2 is 2.00 bits per heavy atom. The van der Waals surface area contributed by atoms with E-state index in [9.17, 15) is 14.7 Å². The predicted octanol–water partition coefficient (Wildman–Crippen LogP) is 3.15. The van der Waals surface area contributed by atoms with Crippen LogP contribution in [0.15, 0.2) is 30.3 Å². The maximum atomic E-state index is 12.7. The summed E-state index contributed by atoms with van der Waals surface area (Å²) in [5, 5.41) is 13.3. The Kier molecular flexibility index (Phi) is 5.62. The van der Waals surface area contributed by atoms with Gasteiger partial charge in [0, 0.05) is 16.8 Å². The van der Waals surface area contributed by atoms with Gasteiger partial charge in [-0.1, -0.05) is 0 Å². The van der Waals surface area contributed by atoms with Crippen molar-refractivity contribution in [1.82, 2.24) is 4.98 Å². The van der Waals surface area contributed by atoms with Crippen molar-refractivity contribution in [2.75, 3.05) is 18.2 Å². The normalized spacial score (nSPS) is 12.0. The molecule has 0 saturated heterocycles. The van der Waals surface area contributed by atoms with Gasteiger partial charge in [-0.15, -0.1) is 11.3 Å². The number of benzene rings is 1. The van der Waals surface area contributed by atoms with Gasteiger partial charge in [0.05, 0.1) is 24.5 Å². The minimum atomic E-state index is -0.532. The molecule has 0 aliphatic carbocycles. The lowest BCUT2D eigenvalue weighted by Gasteiger charge is -2.08. The SMILES string of the molecule is COC(=O)c1ccc(NC(=O)c2sc3nc(C)cc(CC(C)O)c3c2N)cc1. The fourth-order valence-electron chi connectivity index (χ4n) is 2.98. The van der Waals surface area contributed by atoms with Gasteiger partial charge < -0.3 is 20.9 Å². The Morgan fingerprint density at radius 1 is 1.32 bits per heavy atom. The third kappa shape index (κ3) is 3.97. The number of methoxy groups -OCH3 is 1. The topological polar surface area (TPSA) is 115 Å². The summed E-state index contributed by atoms with van der Waals surface area (Å²) in [6.45, 7) is 3.57. The zero-order valence-electron chi connectivity index (χ0n) is 15.8. The molecule has 7 nitrogen and oxygen atoms in total. The molecular weight excluding hydrogens is 378 g/mol.